The minimum Gasteiger partial charge on any atom is -0.422 e. The summed E-state index contributed by atoms with van der Waals surface area (Å²) in [6, 6.07) is 9.04. The molecule has 1 aliphatic carbocycles. The quantitative estimate of drug-likeness (QED) is 0.533. The number of hydrogen-bond acceptors (Lipinski definition) is 5. The van der Waals surface area contributed by atoms with E-state index in [9.17, 15) is 14.4 Å². The molecule has 1 aliphatic rings. The van der Waals surface area contributed by atoms with Crippen molar-refractivity contribution in [2.24, 2.45) is 0 Å². The van der Waals surface area contributed by atoms with E-state index in [0.717, 1.165) is 24.2 Å². The summed E-state index contributed by atoms with van der Waals surface area (Å²) in [4.78, 5) is 39.2. The monoisotopic (exact) mass is 347 g/mol. The van der Waals surface area contributed by atoms with Crippen LogP contribution in [0.25, 0.3) is 21.7 Å². The summed E-state index contributed by atoms with van der Waals surface area (Å²) in [7, 11) is 0. The molecule has 0 saturated carbocycles. The van der Waals surface area contributed by atoms with Crippen LogP contribution in [-0.4, -0.2) is 24.7 Å². The Kier molecular flexibility index (Phi) is 3.72. The highest BCUT2D eigenvalue weighted by Gasteiger charge is 2.24. The second-order valence-electron chi connectivity index (χ2n) is 6.21. The molecule has 0 aliphatic heterocycles. The van der Waals surface area contributed by atoms with Crippen molar-refractivity contribution < 1.29 is 14.0 Å². The maximum absolute atomic E-state index is 12.7. The number of carbonyl (C=O) groups excluding carboxylic acids is 2. The number of allylic oxidation sites excluding steroid dienone is 2. The lowest BCUT2D eigenvalue weighted by atomic mass is 9.90. The van der Waals surface area contributed by atoms with Crippen molar-refractivity contribution in [3.63, 3.8) is 0 Å². The van der Waals surface area contributed by atoms with Crippen molar-refractivity contribution in [3.8, 4) is 0 Å². The molecule has 0 saturated heterocycles. The van der Waals surface area contributed by atoms with Crippen molar-refractivity contribution in [1.29, 1.82) is 0 Å². The summed E-state index contributed by atoms with van der Waals surface area (Å²) in [6.45, 7) is 5.81. The van der Waals surface area contributed by atoms with E-state index in [1.165, 1.54) is 12.2 Å². The molecule has 1 aromatic heterocycles. The van der Waals surface area contributed by atoms with Crippen LogP contribution in [-0.2, 0) is 0 Å². The zero-order valence-corrected chi connectivity index (χ0v) is 14.5. The van der Waals surface area contributed by atoms with Crippen molar-refractivity contribution >= 4 is 39.0 Å². The lowest BCUT2D eigenvalue weighted by molar-refractivity contribution is 0.0995. The molecule has 130 valence electrons. The molecule has 0 unspecified atom stereocenters. The fourth-order valence-corrected chi connectivity index (χ4v) is 3.58. The molecular formula is C21H17NO4. The van der Waals surface area contributed by atoms with Crippen molar-refractivity contribution in [2.45, 2.75) is 13.8 Å². The summed E-state index contributed by atoms with van der Waals surface area (Å²) >= 11 is 0. The van der Waals surface area contributed by atoms with Gasteiger partial charge < -0.3 is 9.32 Å². The van der Waals surface area contributed by atoms with Crippen LogP contribution >= 0.6 is 0 Å². The Labute approximate surface area is 149 Å². The van der Waals surface area contributed by atoms with Crippen LogP contribution in [0.1, 0.15) is 34.6 Å². The summed E-state index contributed by atoms with van der Waals surface area (Å²) in [5.41, 5.74) is 1.22. The molecule has 0 spiro atoms. The van der Waals surface area contributed by atoms with Gasteiger partial charge in [0.1, 0.15) is 5.58 Å². The van der Waals surface area contributed by atoms with Gasteiger partial charge in [-0.05, 0) is 44.2 Å². The van der Waals surface area contributed by atoms with Crippen LogP contribution < -0.4 is 10.5 Å². The first kappa shape index (κ1) is 16.3. The number of anilines is 1. The van der Waals surface area contributed by atoms with Gasteiger partial charge in [0.15, 0.2) is 11.6 Å². The van der Waals surface area contributed by atoms with Gasteiger partial charge in [-0.2, -0.15) is 0 Å². The Bertz CT molecular complexity index is 1170. The van der Waals surface area contributed by atoms with Gasteiger partial charge in [-0.15, -0.1) is 0 Å². The Morgan fingerprint density at radius 3 is 2.31 bits per heavy atom. The van der Waals surface area contributed by atoms with Crippen molar-refractivity contribution in [3.05, 3.63) is 64.0 Å². The molecule has 3 aromatic rings. The third-order valence-corrected chi connectivity index (χ3v) is 4.89. The maximum Gasteiger partial charge on any atom is 0.344 e. The number of carbonyl (C=O) groups is 2. The van der Waals surface area contributed by atoms with E-state index in [1.807, 2.05) is 18.2 Å². The van der Waals surface area contributed by atoms with Gasteiger partial charge in [0.25, 0.3) is 0 Å². The fourth-order valence-electron chi connectivity index (χ4n) is 3.58. The normalized spacial score (nSPS) is 13.5. The molecule has 26 heavy (non-hydrogen) atoms. The number of ketones is 2. The molecule has 2 aromatic carbocycles. The van der Waals surface area contributed by atoms with Gasteiger partial charge in [-0.25, -0.2) is 4.79 Å². The lowest BCUT2D eigenvalue weighted by Crippen LogP contribution is -2.21. The smallest absolute Gasteiger partial charge is 0.344 e. The van der Waals surface area contributed by atoms with E-state index in [-0.39, 0.29) is 28.1 Å². The van der Waals surface area contributed by atoms with Gasteiger partial charge in [0.2, 0.25) is 0 Å². The Hall–Kier alpha value is -3.21. The summed E-state index contributed by atoms with van der Waals surface area (Å²) in [5, 5.41) is 1.54. The first-order valence-corrected chi connectivity index (χ1v) is 8.60. The van der Waals surface area contributed by atoms with Gasteiger partial charge >= 0.3 is 5.63 Å². The van der Waals surface area contributed by atoms with Crippen LogP contribution in [0.4, 0.5) is 5.69 Å². The van der Waals surface area contributed by atoms with E-state index in [4.69, 9.17) is 4.42 Å². The van der Waals surface area contributed by atoms with Gasteiger partial charge in [0.05, 0.1) is 5.39 Å². The minimum atomic E-state index is -0.600. The predicted molar refractivity (Wildman–Crippen MR) is 101 cm³/mol. The Morgan fingerprint density at radius 1 is 0.885 bits per heavy atom. The molecule has 0 radical (unpaired) electrons. The molecule has 0 N–H and O–H groups in total. The zero-order valence-electron chi connectivity index (χ0n) is 14.5. The molecule has 4 rings (SSSR count). The van der Waals surface area contributed by atoms with Crippen molar-refractivity contribution in [2.75, 3.05) is 18.0 Å². The maximum atomic E-state index is 12.7. The number of rotatable bonds is 3. The lowest BCUT2D eigenvalue weighted by Gasteiger charge is -2.21. The van der Waals surface area contributed by atoms with E-state index in [2.05, 4.69) is 18.7 Å². The Balaban J connectivity index is 2.07. The van der Waals surface area contributed by atoms with Gasteiger partial charge in [0, 0.05) is 46.7 Å². The van der Waals surface area contributed by atoms with E-state index >= 15 is 0 Å². The van der Waals surface area contributed by atoms with Crippen LogP contribution in [0.15, 0.2) is 51.7 Å². The number of hydrogen-bond donors (Lipinski definition) is 0. The van der Waals surface area contributed by atoms with Crippen LogP contribution in [0, 0.1) is 0 Å². The molecular weight excluding hydrogens is 330 g/mol. The first-order valence-electron chi connectivity index (χ1n) is 8.60. The highest BCUT2D eigenvalue weighted by Crippen LogP contribution is 2.31. The predicted octanol–water partition coefficient (Wildman–Crippen LogP) is 3.73. The average molecular weight is 347 g/mol. The first-order chi connectivity index (χ1) is 12.5. The van der Waals surface area contributed by atoms with E-state index < -0.39 is 5.63 Å². The summed E-state index contributed by atoms with van der Waals surface area (Å²) in [6.07, 6.45) is 2.44. The fraction of sp³-hybridized carbons (Fsp3) is 0.190. The average Bonchev–Trinajstić information content (AvgIpc) is 2.65. The molecule has 0 fully saturated rings. The molecule has 5 heteroatoms. The second kappa shape index (κ2) is 5.95. The number of fused-ring (bicyclic) bond motifs is 5. The minimum absolute atomic E-state index is 0.137. The number of benzene rings is 2. The largest absolute Gasteiger partial charge is 0.422 e. The molecule has 1 heterocycles. The zero-order chi connectivity index (χ0) is 18.4. The second-order valence-corrected chi connectivity index (χ2v) is 6.21. The van der Waals surface area contributed by atoms with Crippen LogP contribution in [0.5, 0.6) is 0 Å². The van der Waals surface area contributed by atoms with Gasteiger partial charge in [-0.3, -0.25) is 9.59 Å². The van der Waals surface area contributed by atoms with Crippen molar-refractivity contribution in [1.82, 2.24) is 0 Å². The van der Waals surface area contributed by atoms with Gasteiger partial charge in [-0.1, -0.05) is 6.07 Å². The van der Waals surface area contributed by atoms with Crippen LogP contribution in [0.2, 0.25) is 0 Å². The van der Waals surface area contributed by atoms with Crippen LogP contribution in [0.3, 0.4) is 0 Å². The standard InChI is InChI=1S/C21H17NO4/c1-3-22(4-2)12-5-6-13-14-7-8-15-16(23)9-10-17(24)19(15)20(14)21(25)26-18(13)11-12/h5-11H,3-4H2,1-2H3. The molecule has 0 bridgehead atoms. The highest BCUT2D eigenvalue weighted by molar-refractivity contribution is 6.28. The number of nitrogens with zero attached hydrogens (tertiary/aromatic N) is 1. The summed E-state index contributed by atoms with van der Waals surface area (Å²) < 4.78 is 5.53. The topological polar surface area (TPSA) is 67.6 Å². The third kappa shape index (κ3) is 2.28. The molecule has 0 atom stereocenters. The summed E-state index contributed by atoms with van der Waals surface area (Å²) in [5.74, 6) is -0.630. The third-order valence-electron chi connectivity index (χ3n) is 4.89. The Morgan fingerprint density at radius 2 is 1.58 bits per heavy atom. The molecule has 5 nitrogen and oxygen atoms in total. The molecule has 0 amide bonds. The van der Waals surface area contributed by atoms with E-state index in [0.29, 0.717) is 11.0 Å². The highest BCUT2D eigenvalue weighted by atomic mass is 16.4. The van der Waals surface area contributed by atoms with E-state index in [1.54, 1.807) is 12.1 Å². The SMILES string of the molecule is CCN(CC)c1ccc2c(c1)oc(=O)c1c3c(ccc12)C(=O)C=CC3=O.